The van der Waals surface area contributed by atoms with Crippen LogP contribution < -0.4 is 5.32 Å². The topological polar surface area (TPSA) is 49.4 Å². The molecular formula is C25H34N2O2S. The smallest absolute Gasteiger partial charge is 0.242 e. The lowest BCUT2D eigenvalue weighted by Gasteiger charge is -2.30. The number of hydrogen-bond donors (Lipinski definition) is 1. The van der Waals surface area contributed by atoms with Gasteiger partial charge in [-0.05, 0) is 36.5 Å². The van der Waals surface area contributed by atoms with Gasteiger partial charge in [0, 0.05) is 18.8 Å². The van der Waals surface area contributed by atoms with Crippen LogP contribution in [0.4, 0.5) is 0 Å². The van der Waals surface area contributed by atoms with Crippen molar-refractivity contribution >= 4 is 23.6 Å². The molecule has 0 heterocycles. The second-order valence-corrected chi connectivity index (χ2v) is 8.48. The van der Waals surface area contributed by atoms with Crippen LogP contribution in [0.2, 0.25) is 0 Å². The Morgan fingerprint density at radius 3 is 2.40 bits per heavy atom. The van der Waals surface area contributed by atoms with E-state index in [1.54, 1.807) is 16.7 Å². The molecular weight excluding hydrogens is 392 g/mol. The van der Waals surface area contributed by atoms with Gasteiger partial charge < -0.3 is 10.2 Å². The van der Waals surface area contributed by atoms with Gasteiger partial charge in [0.15, 0.2) is 0 Å². The fraction of sp³-hybridized carbons (Fsp3) is 0.440. The highest BCUT2D eigenvalue weighted by molar-refractivity contribution is 7.99. The summed E-state index contributed by atoms with van der Waals surface area (Å²) in [6.07, 6.45) is 2.57. The Balaban J connectivity index is 2.07. The first kappa shape index (κ1) is 24.0. The first-order chi connectivity index (χ1) is 14.6. The van der Waals surface area contributed by atoms with Gasteiger partial charge in [-0.3, -0.25) is 9.59 Å². The van der Waals surface area contributed by atoms with E-state index in [0.717, 1.165) is 24.2 Å². The minimum atomic E-state index is -0.450. The number of thioether (sulfide) groups is 1. The predicted octanol–water partition coefficient (Wildman–Crippen LogP) is 4.95. The summed E-state index contributed by atoms with van der Waals surface area (Å²) in [5.41, 5.74) is 3.52. The Bertz CT molecular complexity index is 795. The quantitative estimate of drug-likeness (QED) is 0.489. The van der Waals surface area contributed by atoms with Gasteiger partial charge >= 0.3 is 0 Å². The molecule has 5 heteroatoms. The summed E-state index contributed by atoms with van der Waals surface area (Å²) in [4.78, 5) is 27.7. The van der Waals surface area contributed by atoms with E-state index in [0.29, 0.717) is 25.3 Å². The van der Waals surface area contributed by atoms with E-state index in [9.17, 15) is 9.59 Å². The van der Waals surface area contributed by atoms with Crippen LogP contribution in [-0.4, -0.2) is 35.1 Å². The van der Waals surface area contributed by atoms with Crippen LogP contribution in [0.5, 0.6) is 0 Å². The average molecular weight is 427 g/mol. The number of rotatable bonds is 12. The van der Waals surface area contributed by atoms with E-state index in [-0.39, 0.29) is 11.8 Å². The average Bonchev–Trinajstić information content (AvgIpc) is 2.75. The number of unbranched alkanes of at least 4 members (excludes halogenated alkanes) is 1. The highest BCUT2D eigenvalue weighted by Crippen LogP contribution is 2.19. The maximum atomic E-state index is 13.2. The zero-order valence-corrected chi connectivity index (χ0v) is 19.2. The number of amides is 2. The first-order valence-electron chi connectivity index (χ1n) is 10.8. The molecule has 0 aliphatic heterocycles. The Kier molecular flexibility index (Phi) is 10.5. The minimum Gasteiger partial charge on any atom is -0.354 e. The molecule has 0 aromatic heterocycles. The van der Waals surface area contributed by atoms with Crippen LogP contribution in [0.1, 0.15) is 49.8 Å². The second-order valence-electron chi connectivity index (χ2n) is 7.50. The molecule has 2 aromatic carbocycles. The summed E-state index contributed by atoms with van der Waals surface area (Å²) in [5.74, 6) is 1.10. The number of aryl methyl sites for hydroxylation is 1. The number of nitrogens with one attached hydrogen (secondary N) is 1. The fourth-order valence-electron chi connectivity index (χ4n) is 3.31. The van der Waals surface area contributed by atoms with Gasteiger partial charge in [-0.25, -0.2) is 0 Å². The van der Waals surface area contributed by atoms with Crippen molar-refractivity contribution in [3.63, 3.8) is 0 Å². The molecule has 0 spiro atoms. The summed E-state index contributed by atoms with van der Waals surface area (Å²) in [6, 6.07) is 17.7. The van der Waals surface area contributed by atoms with Crippen LogP contribution >= 0.6 is 11.8 Å². The molecule has 0 fully saturated rings. The van der Waals surface area contributed by atoms with E-state index >= 15 is 0 Å². The van der Waals surface area contributed by atoms with Crippen molar-refractivity contribution in [2.24, 2.45) is 0 Å². The van der Waals surface area contributed by atoms with Gasteiger partial charge in [0.2, 0.25) is 11.8 Å². The molecule has 2 aromatic rings. The molecule has 1 atom stereocenters. The molecule has 1 N–H and O–H groups in total. The highest BCUT2D eigenvalue weighted by atomic mass is 32.2. The molecule has 0 aliphatic carbocycles. The summed E-state index contributed by atoms with van der Waals surface area (Å²) >= 11 is 1.61. The van der Waals surface area contributed by atoms with Crippen molar-refractivity contribution in [1.29, 1.82) is 0 Å². The van der Waals surface area contributed by atoms with Gasteiger partial charge in [0.25, 0.3) is 0 Å². The number of benzene rings is 2. The molecule has 0 aliphatic rings. The van der Waals surface area contributed by atoms with Gasteiger partial charge in [-0.2, -0.15) is 0 Å². The summed E-state index contributed by atoms with van der Waals surface area (Å²) in [6.45, 7) is 7.26. The molecule has 0 radical (unpaired) electrons. The molecule has 4 nitrogen and oxygen atoms in total. The fourth-order valence-corrected chi connectivity index (χ4v) is 4.30. The molecule has 0 saturated heterocycles. The molecule has 0 bridgehead atoms. The van der Waals surface area contributed by atoms with Crippen LogP contribution in [0.25, 0.3) is 0 Å². The highest BCUT2D eigenvalue weighted by Gasteiger charge is 2.28. The third-order valence-corrected chi connectivity index (χ3v) is 6.12. The Hall–Kier alpha value is -2.27. The Labute approximate surface area is 185 Å². The van der Waals surface area contributed by atoms with Gasteiger partial charge in [-0.15, -0.1) is 11.8 Å². The second kappa shape index (κ2) is 13.1. The third-order valence-electron chi connectivity index (χ3n) is 5.16. The number of nitrogens with zero attached hydrogens (tertiary/aromatic N) is 1. The maximum absolute atomic E-state index is 13.2. The molecule has 30 heavy (non-hydrogen) atoms. The molecule has 0 unspecified atom stereocenters. The summed E-state index contributed by atoms with van der Waals surface area (Å²) < 4.78 is 0. The monoisotopic (exact) mass is 426 g/mol. The Morgan fingerprint density at radius 1 is 1.03 bits per heavy atom. The van der Waals surface area contributed by atoms with Crippen molar-refractivity contribution in [3.05, 3.63) is 71.3 Å². The number of carbonyl (C=O) groups is 2. The van der Waals surface area contributed by atoms with Crippen LogP contribution in [0, 0.1) is 6.92 Å². The van der Waals surface area contributed by atoms with Crippen LogP contribution in [0.3, 0.4) is 0 Å². The molecule has 0 saturated carbocycles. The maximum Gasteiger partial charge on any atom is 0.242 e. The zero-order valence-electron chi connectivity index (χ0n) is 18.4. The first-order valence-corrected chi connectivity index (χ1v) is 12.0. The van der Waals surface area contributed by atoms with Gasteiger partial charge in [0.05, 0.1) is 5.75 Å². The third kappa shape index (κ3) is 7.52. The van der Waals surface area contributed by atoms with Crippen LogP contribution in [0.15, 0.2) is 54.6 Å². The lowest BCUT2D eigenvalue weighted by molar-refractivity contribution is -0.139. The van der Waals surface area contributed by atoms with E-state index < -0.39 is 6.04 Å². The lowest BCUT2D eigenvalue weighted by Crippen LogP contribution is -2.49. The largest absolute Gasteiger partial charge is 0.354 e. The van der Waals surface area contributed by atoms with Crippen molar-refractivity contribution < 1.29 is 9.59 Å². The number of carbonyl (C=O) groups excluding carboxylic acids is 2. The van der Waals surface area contributed by atoms with Crippen molar-refractivity contribution in [3.8, 4) is 0 Å². The summed E-state index contributed by atoms with van der Waals surface area (Å²) in [7, 11) is 0. The molecule has 162 valence electrons. The predicted molar refractivity (Wildman–Crippen MR) is 126 cm³/mol. The van der Waals surface area contributed by atoms with E-state index in [1.165, 1.54) is 11.1 Å². The minimum absolute atomic E-state index is 0.00919. The summed E-state index contributed by atoms with van der Waals surface area (Å²) in [5, 5.41) is 3.01. The Morgan fingerprint density at radius 2 is 1.73 bits per heavy atom. The van der Waals surface area contributed by atoms with E-state index in [2.05, 4.69) is 31.3 Å². The van der Waals surface area contributed by atoms with Crippen molar-refractivity contribution in [1.82, 2.24) is 10.2 Å². The van der Waals surface area contributed by atoms with Gasteiger partial charge in [0.1, 0.15) is 6.04 Å². The zero-order chi connectivity index (χ0) is 21.8. The lowest BCUT2D eigenvalue weighted by atomic mass is 10.1. The number of hydrogen-bond acceptors (Lipinski definition) is 3. The van der Waals surface area contributed by atoms with Crippen molar-refractivity contribution in [2.75, 3.05) is 12.3 Å². The van der Waals surface area contributed by atoms with E-state index in [1.807, 2.05) is 49.4 Å². The van der Waals surface area contributed by atoms with Gasteiger partial charge in [-0.1, -0.05) is 74.9 Å². The SMILES string of the molecule is CCCCNC(=O)[C@@H](CC)N(Cc1ccccc1)C(=O)CSCc1ccccc1C. The van der Waals surface area contributed by atoms with Crippen LogP contribution in [-0.2, 0) is 21.9 Å². The standard InChI is InChI=1S/C25H34N2O2S/c1-4-6-16-26-25(29)23(5-2)27(17-21-13-8-7-9-14-21)24(28)19-30-18-22-15-11-10-12-20(22)3/h7-15,23H,4-6,16-19H2,1-3H3,(H,26,29)/t23-/m1/s1. The molecule has 2 amide bonds. The normalized spacial score (nSPS) is 11.7. The van der Waals surface area contributed by atoms with E-state index in [4.69, 9.17) is 0 Å². The molecule has 2 rings (SSSR count). The van der Waals surface area contributed by atoms with Crippen molar-refractivity contribution in [2.45, 2.75) is 58.4 Å².